The molecule has 8 heteroatoms. The van der Waals surface area contributed by atoms with E-state index in [0.29, 0.717) is 23.7 Å². The highest BCUT2D eigenvalue weighted by molar-refractivity contribution is 7.89. The van der Waals surface area contributed by atoms with Crippen LogP contribution in [0.2, 0.25) is 0 Å². The van der Waals surface area contributed by atoms with Crippen molar-refractivity contribution in [1.29, 1.82) is 0 Å². The zero-order valence-electron chi connectivity index (χ0n) is 14.8. The van der Waals surface area contributed by atoms with E-state index in [1.165, 1.54) is 28.8 Å². The number of rotatable bonds is 5. The van der Waals surface area contributed by atoms with Gasteiger partial charge in [-0.3, -0.25) is 4.79 Å². The van der Waals surface area contributed by atoms with Gasteiger partial charge in [0.15, 0.2) is 0 Å². The smallest absolute Gasteiger partial charge is 0.265 e. The lowest BCUT2D eigenvalue weighted by atomic mass is 10.2. The van der Waals surface area contributed by atoms with Crippen LogP contribution >= 0.6 is 11.3 Å². The van der Waals surface area contributed by atoms with Crippen molar-refractivity contribution in [2.24, 2.45) is 0 Å². The van der Waals surface area contributed by atoms with Crippen LogP contribution in [0, 0.1) is 6.92 Å². The fourth-order valence-corrected chi connectivity index (χ4v) is 5.51. The predicted octanol–water partition coefficient (Wildman–Crippen LogP) is 3.49. The summed E-state index contributed by atoms with van der Waals surface area (Å²) in [5.41, 5.74) is 1.32. The van der Waals surface area contributed by atoms with Gasteiger partial charge < -0.3 is 10.1 Å². The number of aryl methyl sites for hydroxylation is 1. The Balaban J connectivity index is 1.91. The molecule has 0 saturated carbocycles. The standard InChI is InChI=1S/C18H22N2O4S2/c1-13-8-11-25-17(13)18(21)19-14-6-7-15(24-2)16(12-14)26(22,23)20-9-4-3-5-10-20/h6-8,11-12H,3-5,9-10H2,1-2H3,(H,19,21). The molecule has 0 unspecified atom stereocenters. The number of nitrogens with one attached hydrogen (secondary N) is 1. The number of methoxy groups -OCH3 is 1. The van der Waals surface area contributed by atoms with Crippen LogP contribution < -0.4 is 10.1 Å². The fourth-order valence-electron chi connectivity index (χ4n) is 2.99. The second-order valence-corrected chi connectivity index (χ2v) is 9.04. The molecule has 6 nitrogen and oxygen atoms in total. The van der Waals surface area contributed by atoms with Gasteiger partial charge in [0.2, 0.25) is 10.0 Å². The number of amides is 1. The molecule has 1 aromatic heterocycles. The summed E-state index contributed by atoms with van der Waals surface area (Å²) in [6.45, 7) is 2.89. The Bertz CT molecular complexity index is 900. The van der Waals surface area contributed by atoms with Crippen molar-refractivity contribution in [1.82, 2.24) is 4.31 Å². The maximum atomic E-state index is 13.0. The highest BCUT2D eigenvalue weighted by atomic mass is 32.2. The molecule has 0 spiro atoms. The van der Waals surface area contributed by atoms with Gasteiger partial charge in [-0.15, -0.1) is 11.3 Å². The minimum absolute atomic E-state index is 0.0857. The first-order valence-electron chi connectivity index (χ1n) is 8.47. The summed E-state index contributed by atoms with van der Waals surface area (Å²) in [4.78, 5) is 13.1. The number of ether oxygens (including phenoxy) is 1. The van der Waals surface area contributed by atoms with Crippen molar-refractivity contribution in [3.05, 3.63) is 40.1 Å². The molecule has 3 rings (SSSR count). The molecule has 1 aliphatic rings. The number of carbonyl (C=O) groups is 1. The highest BCUT2D eigenvalue weighted by Gasteiger charge is 2.29. The molecule has 140 valence electrons. The van der Waals surface area contributed by atoms with Crippen LogP contribution in [0.5, 0.6) is 5.75 Å². The number of benzene rings is 1. The molecule has 0 atom stereocenters. The SMILES string of the molecule is COc1ccc(NC(=O)c2sccc2C)cc1S(=O)(=O)N1CCCCC1. The Morgan fingerprint density at radius 2 is 1.92 bits per heavy atom. The van der Waals surface area contributed by atoms with E-state index >= 15 is 0 Å². The van der Waals surface area contributed by atoms with Crippen molar-refractivity contribution in [2.75, 3.05) is 25.5 Å². The monoisotopic (exact) mass is 394 g/mol. The van der Waals surface area contributed by atoms with Crippen LogP contribution in [-0.2, 0) is 10.0 Å². The maximum Gasteiger partial charge on any atom is 0.265 e. The molecule has 0 radical (unpaired) electrons. The van der Waals surface area contributed by atoms with E-state index in [9.17, 15) is 13.2 Å². The van der Waals surface area contributed by atoms with E-state index in [4.69, 9.17) is 4.74 Å². The first-order chi connectivity index (χ1) is 12.4. The van der Waals surface area contributed by atoms with Crippen LogP contribution in [-0.4, -0.2) is 38.8 Å². The van der Waals surface area contributed by atoms with Gasteiger partial charge in [-0.1, -0.05) is 6.42 Å². The lowest BCUT2D eigenvalue weighted by Gasteiger charge is -2.26. The second-order valence-electron chi connectivity index (χ2n) is 6.22. The summed E-state index contributed by atoms with van der Waals surface area (Å²) in [7, 11) is -2.22. The number of sulfonamides is 1. The molecule has 1 fully saturated rings. The number of anilines is 1. The second kappa shape index (κ2) is 7.77. The lowest BCUT2D eigenvalue weighted by Crippen LogP contribution is -2.35. The summed E-state index contributed by atoms with van der Waals surface area (Å²) < 4.78 is 32.8. The number of hydrogen-bond acceptors (Lipinski definition) is 5. The summed E-state index contributed by atoms with van der Waals surface area (Å²) in [5, 5.41) is 4.64. The van der Waals surface area contributed by atoms with E-state index in [2.05, 4.69) is 5.32 Å². The highest BCUT2D eigenvalue weighted by Crippen LogP contribution is 2.31. The fraction of sp³-hybridized carbons (Fsp3) is 0.389. The Morgan fingerprint density at radius 1 is 1.19 bits per heavy atom. The quantitative estimate of drug-likeness (QED) is 0.842. The minimum atomic E-state index is -3.67. The largest absolute Gasteiger partial charge is 0.495 e. The molecule has 0 bridgehead atoms. The normalized spacial score (nSPS) is 15.6. The number of hydrogen-bond donors (Lipinski definition) is 1. The topological polar surface area (TPSA) is 75.7 Å². The Morgan fingerprint density at radius 3 is 2.54 bits per heavy atom. The molecule has 2 aromatic rings. The van der Waals surface area contributed by atoms with Gasteiger partial charge in [0.05, 0.1) is 12.0 Å². The Kier molecular flexibility index (Phi) is 5.64. The van der Waals surface area contributed by atoms with E-state index in [1.807, 2.05) is 18.4 Å². The Hall–Kier alpha value is -1.90. The van der Waals surface area contributed by atoms with Crippen LogP contribution in [0.3, 0.4) is 0 Å². The summed E-state index contributed by atoms with van der Waals surface area (Å²) in [5.74, 6) is 0.0323. The predicted molar refractivity (Wildman–Crippen MR) is 103 cm³/mol. The summed E-state index contributed by atoms with van der Waals surface area (Å²) in [6.07, 6.45) is 2.75. The van der Waals surface area contributed by atoms with Crippen molar-refractivity contribution in [2.45, 2.75) is 31.1 Å². The first kappa shape index (κ1) is 18.9. The first-order valence-corrected chi connectivity index (χ1v) is 10.8. The molecular weight excluding hydrogens is 372 g/mol. The minimum Gasteiger partial charge on any atom is -0.495 e. The van der Waals surface area contributed by atoms with E-state index in [0.717, 1.165) is 24.8 Å². The number of carbonyl (C=O) groups excluding carboxylic acids is 1. The van der Waals surface area contributed by atoms with Crippen molar-refractivity contribution >= 4 is 33.0 Å². The van der Waals surface area contributed by atoms with Gasteiger partial charge >= 0.3 is 0 Å². The van der Waals surface area contributed by atoms with Crippen LogP contribution in [0.15, 0.2) is 34.5 Å². The van der Waals surface area contributed by atoms with E-state index < -0.39 is 10.0 Å². The van der Waals surface area contributed by atoms with Gasteiger partial charge in [0.1, 0.15) is 10.6 Å². The van der Waals surface area contributed by atoms with E-state index in [-0.39, 0.29) is 16.6 Å². The van der Waals surface area contributed by atoms with Crippen LogP contribution in [0.25, 0.3) is 0 Å². The molecule has 2 heterocycles. The van der Waals surface area contributed by atoms with E-state index in [1.54, 1.807) is 12.1 Å². The summed E-state index contributed by atoms with van der Waals surface area (Å²) >= 11 is 1.35. The van der Waals surface area contributed by atoms with Gasteiger partial charge in [-0.05, 0) is 55.0 Å². The maximum absolute atomic E-state index is 13.0. The number of piperidine rings is 1. The number of thiophene rings is 1. The van der Waals surface area contributed by atoms with Gasteiger partial charge in [-0.2, -0.15) is 4.31 Å². The van der Waals surface area contributed by atoms with Gasteiger partial charge in [-0.25, -0.2) is 8.42 Å². The zero-order chi connectivity index (χ0) is 18.7. The third kappa shape index (κ3) is 3.77. The molecule has 1 aromatic carbocycles. The molecule has 1 aliphatic heterocycles. The van der Waals surface area contributed by atoms with Crippen molar-refractivity contribution in [3.8, 4) is 5.75 Å². The average molecular weight is 395 g/mol. The van der Waals surface area contributed by atoms with Crippen molar-refractivity contribution in [3.63, 3.8) is 0 Å². The van der Waals surface area contributed by atoms with Gasteiger partial charge in [0.25, 0.3) is 5.91 Å². The number of nitrogens with zero attached hydrogens (tertiary/aromatic N) is 1. The lowest BCUT2D eigenvalue weighted by molar-refractivity contribution is 0.103. The zero-order valence-corrected chi connectivity index (χ0v) is 16.5. The van der Waals surface area contributed by atoms with Crippen LogP contribution in [0.1, 0.15) is 34.5 Å². The third-order valence-electron chi connectivity index (χ3n) is 4.42. The summed E-state index contributed by atoms with van der Waals surface area (Å²) in [6, 6.07) is 6.58. The molecular formula is C18H22N2O4S2. The molecule has 1 amide bonds. The third-order valence-corrected chi connectivity index (χ3v) is 7.36. The van der Waals surface area contributed by atoms with Crippen molar-refractivity contribution < 1.29 is 17.9 Å². The molecule has 26 heavy (non-hydrogen) atoms. The molecule has 0 aliphatic carbocycles. The van der Waals surface area contributed by atoms with Crippen LogP contribution in [0.4, 0.5) is 5.69 Å². The molecule has 1 saturated heterocycles. The Labute approximate surface area is 157 Å². The molecule has 1 N–H and O–H groups in total. The average Bonchev–Trinajstić information content (AvgIpc) is 3.08. The van der Waals surface area contributed by atoms with Gasteiger partial charge in [0, 0.05) is 18.8 Å².